The number of pyridine rings is 2. The van der Waals surface area contributed by atoms with Crippen molar-refractivity contribution in [2.45, 2.75) is 19.9 Å². The molecule has 0 bridgehead atoms. The third kappa shape index (κ3) is 4.36. The van der Waals surface area contributed by atoms with E-state index in [9.17, 15) is 4.79 Å². The third-order valence-electron chi connectivity index (χ3n) is 6.05. The van der Waals surface area contributed by atoms with Crippen LogP contribution in [0.3, 0.4) is 0 Å². The fourth-order valence-corrected chi connectivity index (χ4v) is 4.29. The Bertz CT molecular complexity index is 1200. The molecule has 2 aliphatic heterocycles. The van der Waals surface area contributed by atoms with Crippen LogP contribution in [0.25, 0.3) is 17.3 Å². The van der Waals surface area contributed by atoms with E-state index in [-0.39, 0.29) is 18.1 Å². The average molecular weight is 445 g/mol. The number of para-hydroxylation sites is 1. The summed E-state index contributed by atoms with van der Waals surface area (Å²) in [6.07, 6.45) is 6.22. The highest BCUT2D eigenvalue weighted by Gasteiger charge is 2.21. The van der Waals surface area contributed by atoms with Crippen molar-refractivity contribution < 1.29 is 13.9 Å². The normalized spacial score (nSPS) is 16.8. The molecule has 2 aliphatic rings. The van der Waals surface area contributed by atoms with Gasteiger partial charge in [0.05, 0.1) is 31.1 Å². The molecule has 3 aromatic rings. The molecular weight excluding hydrogens is 419 g/mol. The summed E-state index contributed by atoms with van der Waals surface area (Å²) in [6.45, 7) is 4.73. The Morgan fingerprint density at radius 3 is 2.70 bits per heavy atom. The SMILES string of the molecule is CC(=O)N1Cc2cc(F)c(-c3ccc(N4CCOCC4)nc3)nc2C/C=C\c2ccccc21. The molecule has 1 saturated heterocycles. The first-order valence-corrected chi connectivity index (χ1v) is 11.1. The zero-order chi connectivity index (χ0) is 22.8. The number of anilines is 2. The maximum atomic E-state index is 15.2. The molecule has 33 heavy (non-hydrogen) atoms. The van der Waals surface area contributed by atoms with Gasteiger partial charge in [-0.2, -0.15) is 0 Å². The highest BCUT2D eigenvalue weighted by molar-refractivity contribution is 5.94. The third-order valence-corrected chi connectivity index (χ3v) is 6.05. The molecule has 7 heteroatoms. The van der Waals surface area contributed by atoms with Gasteiger partial charge < -0.3 is 14.5 Å². The van der Waals surface area contributed by atoms with Crippen LogP contribution < -0.4 is 9.80 Å². The summed E-state index contributed by atoms with van der Waals surface area (Å²) in [7, 11) is 0. The summed E-state index contributed by atoms with van der Waals surface area (Å²) in [5.41, 5.74) is 4.10. The van der Waals surface area contributed by atoms with Gasteiger partial charge in [-0.25, -0.2) is 14.4 Å². The number of aromatic nitrogens is 2. The minimum atomic E-state index is -0.422. The lowest BCUT2D eigenvalue weighted by Crippen LogP contribution is -2.36. The largest absolute Gasteiger partial charge is 0.378 e. The van der Waals surface area contributed by atoms with E-state index in [4.69, 9.17) is 4.74 Å². The lowest BCUT2D eigenvalue weighted by atomic mass is 10.1. The molecule has 168 valence electrons. The molecular formula is C26H25FN4O2. The molecule has 5 rings (SSSR count). The summed E-state index contributed by atoms with van der Waals surface area (Å²) in [5.74, 6) is 0.328. The number of ether oxygens (including phenoxy) is 1. The quantitative estimate of drug-likeness (QED) is 0.592. The monoisotopic (exact) mass is 444 g/mol. The topological polar surface area (TPSA) is 58.6 Å². The number of carbonyl (C=O) groups is 1. The number of allylic oxidation sites excluding steroid dienone is 1. The van der Waals surface area contributed by atoms with Crippen molar-refractivity contribution in [1.29, 1.82) is 0 Å². The summed E-state index contributed by atoms with van der Waals surface area (Å²) < 4.78 is 20.6. The van der Waals surface area contributed by atoms with E-state index in [2.05, 4.69) is 14.9 Å². The van der Waals surface area contributed by atoms with Crippen LogP contribution in [-0.2, 0) is 22.5 Å². The van der Waals surface area contributed by atoms with Crippen molar-refractivity contribution in [2.24, 2.45) is 0 Å². The minimum Gasteiger partial charge on any atom is -0.378 e. The lowest BCUT2D eigenvalue weighted by molar-refractivity contribution is -0.116. The van der Waals surface area contributed by atoms with Crippen LogP contribution >= 0.6 is 0 Å². The molecule has 0 saturated carbocycles. The van der Waals surface area contributed by atoms with Gasteiger partial charge in [0.15, 0.2) is 0 Å². The number of benzene rings is 1. The van der Waals surface area contributed by atoms with E-state index in [0.29, 0.717) is 30.8 Å². The number of amides is 1. The van der Waals surface area contributed by atoms with Crippen molar-refractivity contribution in [2.75, 3.05) is 36.1 Å². The molecule has 1 fully saturated rings. The van der Waals surface area contributed by atoms with Gasteiger partial charge in [0.2, 0.25) is 5.91 Å². The van der Waals surface area contributed by atoms with Crippen LogP contribution in [0.2, 0.25) is 0 Å². The van der Waals surface area contributed by atoms with Crippen LogP contribution in [0, 0.1) is 5.82 Å². The summed E-state index contributed by atoms with van der Waals surface area (Å²) >= 11 is 0. The number of fused-ring (bicyclic) bond motifs is 2. The number of rotatable bonds is 2. The Morgan fingerprint density at radius 1 is 1.12 bits per heavy atom. The standard InChI is InChI=1S/C26H25FN4O2/c1-18(32)31-17-21-15-22(27)26(20-9-10-25(28-16-20)30-11-13-33-14-12-30)29-23(21)7-4-6-19-5-2-3-8-24(19)31/h2-6,8-10,15-16H,7,11-14,17H2,1H3/b6-4-. The maximum Gasteiger partial charge on any atom is 0.224 e. The summed E-state index contributed by atoms with van der Waals surface area (Å²) in [4.78, 5) is 25.5. The van der Waals surface area contributed by atoms with Gasteiger partial charge in [0.25, 0.3) is 0 Å². The Morgan fingerprint density at radius 2 is 1.94 bits per heavy atom. The van der Waals surface area contributed by atoms with Gasteiger partial charge in [-0.05, 0) is 35.4 Å². The Balaban J connectivity index is 1.50. The molecule has 4 heterocycles. The Kier molecular flexibility index (Phi) is 5.88. The van der Waals surface area contributed by atoms with E-state index in [1.54, 1.807) is 11.1 Å². The molecule has 1 amide bonds. The van der Waals surface area contributed by atoms with E-state index in [0.717, 1.165) is 35.9 Å². The highest BCUT2D eigenvalue weighted by atomic mass is 19.1. The van der Waals surface area contributed by atoms with Gasteiger partial charge in [-0.3, -0.25) is 4.79 Å². The van der Waals surface area contributed by atoms with E-state index in [1.807, 2.05) is 48.6 Å². The highest BCUT2D eigenvalue weighted by Crippen LogP contribution is 2.30. The molecule has 0 aliphatic carbocycles. The molecule has 6 nitrogen and oxygen atoms in total. The molecule has 1 aromatic carbocycles. The van der Waals surface area contributed by atoms with Crippen molar-refractivity contribution in [3.63, 3.8) is 0 Å². The lowest BCUT2D eigenvalue weighted by Gasteiger charge is -2.27. The van der Waals surface area contributed by atoms with Gasteiger partial charge >= 0.3 is 0 Å². The first kappa shape index (κ1) is 21.3. The molecule has 0 spiro atoms. The Hall–Kier alpha value is -3.58. The Labute approximate surface area is 192 Å². The molecule has 2 aromatic heterocycles. The first-order valence-electron chi connectivity index (χ1n) is 11.1. The second-order valence-corrected chi connectivity index (χ2v) is 8.20. The summed E-state index contributed by atoms with van der Waals surface area (Å²) in [5, 5.41) is 0. The fourth-order valence-electron chi connectivity index (χ4n) is 4.29. The van der Waals surface area contributed by atoms with Crippen molar-refractivity contribution in [3.05, 3.63) is 77.4 Å². The molecule has 0 unspecified atom stereocenters. The second kappa shape index (κ2) is 9.11. The van der Waals surface area contributed by atoms with Crippen molar-refractivity contribution in [1.82, 2.24) is 9.97 Å². The van der Waals surface area contributed by atoms with Crippen LogP contribution in [0.4, 0.5) is 15.9 Å². The molecule has 0 radical (unpaired) electrons. The van der Waals surface area contributed by atoms with Gasteiger partial charge in [-0.15, -0.1) is 0 Å². The minimum absolute atomic E-state index is 0.101. The number of morpholine rings is 1. The number of carbonyl (C=O) groups excluding carboxylic acids is 1. The predicted octanol–water partition coefficient (Wildman–Crippen LogP) is 4.24. The van der Waals surface area contributed by atoms with Crippen LogP contribution in [0.15, 0.2) is 54.7 Å². The predicted molar refractivity (Wildman–Crippen MR) is 127 cm³/mol. The number of halogens is 1. The van der Waals surface area contributed by atoms with Crippen LogP contribution in [0.1, 0.15) is 23.7 Å². The first-order chi connectivity index (χ1) is 16.1. The smallest absolute Gasteiger partial charge is 0.224 e. The van der Waals surface area contributed by atoms with E-state index >= 15 is 4.39 Å². The van der Waals surface area contributed by atoms with Crippen LogP contribution in [-0.4, -0.2) is 42.2 Å². The number of nitrogens with zero attached hydrogens (tertiary/aromatic N) is 4. The number of hydrogen-bond donors (Lipinski definition) is 0. The van der Waals surface area contributed by atoms with E-state index in [1.165, 1.54) is 13.0 Å². The van der Waals surface area contributed by atoms with Gasteiger partial charge in [-0.1, -0.05) is 30.4 Å². The zero-order valence-corrected chi connectivity index (χ0v) is 18.5. The average Bonchev–Trinajstić information content (AvgIpc) is 2.92. The second-order valence-electron chi connectivity index (χ2n) is 8.20. The van der Waals surface area contributed by atoms with Gasteiger partial charge in [0, 0.05) is 38.2 Å². The molecule has 0 atom stereocenters. The molecule has 0 N–H and O–H groups in total. The van der Waals surface area contributed by atoms with Gasteiger partial charge in [0.1, 0.15) is 17.3 Å². The maximum absolute atomic E-state index is 15.2. The van der Waals surface area contributed by atoms with E-state index < -0.39 is 5.82 Å². The van der Waals surface area contributed by atoms with Crippen molar-refractivity contribution >= 4 is 23.5 Å². The fraction of sp³-hybridized carbons (Fsp3) is 0.269. The van der Waals surface area contributed by atoms with Crippen molar-refractivity contribution in [3.8, 4) is 11.3 Å². The number of hydrogen-bond acceptors (Lipinski definition) is 5. The zero-order valence-electron chi connectivity index (χ0n) is 18.5. The summed E-state index contributed by atoms with van der Waals surface area (Å²) in [6, 6.07) is 13.0. The van der Waals surface area contributed by atoms with Crippen LogP contribution in [0.5, 0.6) is 0 Å².